The first kappa shape index (κ1) is 24.3. The summed E-state index contributed by atoms with van der Waals surface area (Å²) in [6, 6.07) is 21.7. The SMILES string of the molecule is Cc1ccc2c(C#N)c(C#N)c3ccc(C=Cc4cc5c6c(c4)C(C)(C)CCN6CCC5(C)C)cc3c2c1. The first-order chi connectivity index (χ1) is 18.1. The van der Waals surface area contributed by atoms with Crippen molar-refractivity contribution < 1.29 is 0 Å². The molecule has 0 spiro atoms. The van der Waals surface area contributed by atoms with Crippen LogP contribution in [0.3, 0.4) is 0 Å². The van der Waals surface area contributed by atoms with Crippen LogP contribution >= 0.6 is 0 Å². The lowest BCUT2D eigenvalue weighted by Crippen LogP contribution is -2.44. The smallest absolute Gasteiger partial charge is 0.101 e. The van der Waals surface area contributed by atoms with Crippen LogP contribution < -0.4 is 4.90 Å². The number of aryl methyl sites for hydroxylation is 1. The number of hydrogen-bond donors (Lipinski definition) is 0. The van der Waals surface area contributed by atoms with Crippen molar-refractivity contribution >= 4 is 39.4 Å². The number of anilines is 1. The largest absolute Gasteiger partial charge is 0.371 e. The summed E-state index contributed by atoms with van der Waals surface area (Å²) in [6.45, 7) is 13.9. The highest BCUT2D eigenvalue weighted by Gasteiger charge is 2.39. The summed E-state index contributed by atoms with van der Waals surface area (Å²) in [5.74, 6) is 0. The summed E-state index contributed by atoms with van der Waals surface area (Å²) >= 11 is 0. The average molecular weight is 496 g/mol. The molecule has 0 fully saturated rings. The second kappa shape index (κ2) is 8.47. The molecule has 0 bridgehead atoms. The third-order valence-corrected chi connectivity index (χ3v) is 8.91. The fourth-order valence-electron chi connectivity index (χ4n) is 6.46. The Balaban J connectivity index is 1.51. The molecule has 0 atom stereocenters. The topological polar surface area (TPSA) is 50.8 Å². The van der Waals surface area contributed by atoms with Gasteiger partial charge in [0.05, 0.1) is 11.1 Å². The van der Waals surface area contributed by atoms with Crippen LogP contribution in [0.25, 0.3) is 33.7 Å². The van der Waals surface area contributed by atoms with E-state index in [2.05, 4.69) is 94.1 Å². The first-order valence-electron chi connectivity index (χ1n) is 13.6. The second-order valence-corrected chi connectivity index (χ2v) is 12.4. The monoisotopic (exact) mass is 495 g/mol. The molecule has 2 aliphatic heterocycles. The van der Waals surface area contributed by atoms with Gasteiger partial charge in [-0.1, -0.05) is 75.7 Å². The number of benzene rings is 4. The van der Waals surface area contributed by atoms with E-state index in [1.807, 2.05) is 18.2 Å². The number of fused-ring (bicyclic) bond motifs is 3. The Morgan fingerprint density at radius 2 is 1.21 bits per heavy atom. The Hall–Kier alpha value is -4.08. The van der Waals surface area contributed by atoms with E-state index in [-0.39, 0.29) is 10.8 Å². The highest BCUT2D eigenvalue weighted by molar-refractivity contribution is 6.13. The highest BCUT2D eigenvalue weighted by Crippen LogP contribution is 2.49. The summed E-state index contributed by atoms with van der Waals surface area (Å²) in [5.41, 5.74) is 9.09. The van der Waals surface area contributed by atoms with Gasteiger partial charge in [0.25, 0.3) is 0 Å². The maximum atomic E-state index is 9.92. The second-order valence-electron chi connectivity index (χ2n) is 12.4. The third kappa shape index (κ3) is 3.69. The van der Waals surface area contributed by atoms with Crippen molar-refractivity contribution in [1.82, 2.24) is 0 Å². The fraction of sp³-hybridized carbons (Fsp3) is 0.314. The van der Waals surface area contributed by atoms with Crippen LogP contribution in [-0.2, 0) is 10.8 Å². The van der Waals surface area contributed by atoms with E-state index in [1.165, 1.54) is 35.2 Å². The minimum Gasteiger partial charge on any atom is -0.371 e. The van der Waals surface area contributed by atoms with E-state index in [9.17, 15) is 10.5 Å². The number of nitrogens with zero attached hydrogens (tertiary/aromatic N) is 3. The van der Waals surface area contributed by atoms with Crippen molar-refractivity contribution in [2.45, 2.75) is 58.3 Å². The molecule has 0 amide bonds. The van der Waals surface area contributed by atoms with Crippen molar-refractivity contribution in [3.8, 4) is 12.1 Å². The van der Waals surface area contributed by atoms with E-state index < -0.39 is 0 Å². The molecule has 4 aromatic carbocycles. The van der Waals surface area contributed by atoms with Gasteiger partial charge in [0.15, 0.2) is 0 Å². The molecule has 3 heteroatoms. The summed E-state index contributed by atoms with van der Waals surface area (Å²) < 4.78 is 0. The van der Waals surface area contributed by atoms with Crippen LogP contribution in [0.1, 0.15) is 79.5 Å². The maximum Gasteiger partial charge on any atom is 0.101 e. The molecular weight excluding hydrogens is 462 g/mol. The molecule has 0 saturated heterocycles. The molecule has 0 aromatic heterocycles. The van der Waals surface area contributed by atoms with Crippen LogP contribution in [0, 0.1) is 29.6 Å². The molecule has 188 valence electrons. The summed E-state index contributed by atoms with van der Waals surface area (Å²) in [4.78, 5) is 2.60. The molecular formula is C35H33N3. The zero-order valence-corrected chi connectivity index (χ0v) is 22.9. The summed E-state index contributed by atoms with van der Waals surface area (Å²) in [6.07, 6.45) is 6.77. The van der Waals surface area contributed by atoms with E-state index in [1.54, 1.807) is 0 Å². The normalized spacial score (nSPS) is 17.4. The predicted octanol–water partition coefficient (Wildman–Crippen LogP) is 8.38. The molecule has 0 unspecified atom stereocenters. The summed E-state index contributed by atoms with van der Waals surface area (Å²) in [7, 11) is 0. The van der Waals surface area contributed by atoms with Gasteiger partial charge < -0.3 is 4.90 Å². The minimum atomic E-state index is 0.156. The molecule has 0 N–H and O–H groups in total. The molecule has 0 aliphatic carbocycles. The van der Waals surface area contributed by atoms with Gasteiger partial charge in [-0.2, -0.15) is 10.5 Å². The average Bonchev–Trinajstić information content (AvgIpc) is 2.90. The maximum absolute atomic E-state index is 9.92. The Morgan fingerprint density at radius 1 is 0.684 bits per heavy atom. The third-order valence-electron chi connectivity index (χ3n) is 8.91. The standard InChI is InChI=1S/C35H33N3/c1-22-6-10-25-27(16-22)28-17-23(9-11-26(28)30(21-37)29(25)20-36)7-8-24-18-31-33-32(19-24)35(4,5)13-15-38(33)14-12-34(31,2)3/h6-11,16-19H,12-15H2,1-5H3. The molecule has 4 aromatic rings. The molecule has 0 saturated carbocycles. The quantitative estimate of drug-likeness (QED) is 0.207. The molecule has 3 nitrogen and oxygen atoms in total. The van der Waals surface area contributed by atoms with Crippen LogP contribution in [0.15, 0.2) is 48.5 Å². The molecule has 2 aliphatic rings. The lowest BCUT2D eigenvalue weighted by Gasteiger charge is -2.48. The van der Waals surface area contributed by atoms with E-state index in [0.29, 0.717) is 11.1 Å². The van der Waals surface area contributed by atoms with Crippen LogP contribution in [0.2, 0.25) is 0 Å². The molecule has 0 radical (unpaired) electrons. The summed E-state index contributed by atoms with van der Waals surface area (Å²) in [5, 5.41) is 23.5. The Bertz CT molecular complexity index is 1710. The van der Waals surface area contributed by atoms with Gasteiger partial charge in [-0.3, -0.25) is 0 Å². The van der Waals surface area contributed by atoms with Crippen LogP contribution in [0.5, 0.6) is 0 Å². The van der Waals surface area contributed by atoms with Crippen LogP contribution in [-0.4, -0.2) is 13.1 Å². The lowest BCUT2D eigenvalue weighted by atomic mass is 9.69. The van der Waals surface area contributed by atoms with Crippen molar-refractivity contribution in [3.63, 3.8) is 0 Å². The fourth-order valence-corrected chi connectivity index (χ4v) is 6.46. The zero-order chi connectivity index (χ0) is 26.8. The van der Waals surface area contributed by atoms with Gasteiger partial charge in [0.2, 0.25) is 0 Å². The minimum absolute atomic E-state index is 0.156. The van der Waals surface area contributed by atoms with Gasteiger partial charge in [0, 0.05) is 29.5 Å². The van der Waals surface area contributed by atoms with E-state index >= 15 is 0 Å². The van der Waals surface area contributed by atoms with Gasteiger partial charge in [0.1, 0.15) is 12.1 Å². The number of nitriles is 2. The van der Waals surface area contributed by atoms with Gasteiger partial charge in [-0.05, 0) is 81.8 Å². The Labute approximate surface area is 225 Å². The number of hydrogen-bond acceptors (Lipinski definition) is 3. The van der Waals surface area contributed by atoms with Crippen LogP contribution in [0.4, 0.5) is 5.69 Å². The lowest BCUT2D eigenvalue weighted by molar-refractivity contribution is 0.401. The molecule has 2 heterocycles. The molecule has 6 rings (SSSR count). The Morgan fingerprint density at radius 3 is 1.79 bits per heavy atom. The highest BCUT2D eigenvalue weighted by atomic mass is 15.2. The van der Waals surface area contributed by atoms with E-state index in [0.717, 1.165) is 45.8 Å². The Kier molecular flexibility index (Phi) is 5.41. The predicted molar refractivity (Wildman–Crippen MR) is 158 cm³/mol. The number of rotatable bonds is 2. The first-order valence-corrected chi connectivity index (χ1v) is 13.6. The molecule has 38 heavy (non-hydrogen) atoms. The van der Waals surface area contributed by atoms with Gasteiger partial charge in [-0.15, -0.1) is 0 Å². The zero-order valence-electron chi connectivity index (χ0n) is 22.9. The van der Waals surface area contributed by atoms with Crippen molar-refractivity contribution in [1.29, 1.82) is 10.5 Å². The van der Waals surface area contributed by atoms with Crippen molar-refractivity contribution in [3.05, 3.63) is 87.5 Å². The van der Waals surface area contributed by atoms with E-state index in [4.69, 9.17) is 0 Å². The van der Waals surface area contributed by atoms with Gasteiger partial charge >= 0.3 is 0 Å². The van der Waals surface area contributed by atoms with Crippen molar-refractivity contribution in [2.24, 2.45) is 0 Å². The van der Waals surface area contributed by atoms with Gasteiger partial charge in [-0.25, -0.2) is 0 Å². The van der Waals surface area contributed by atoms with Crippen molar-refractivity contribution in [2.75, 3.05) is 18.0 Å².